The number of allylic oxidation sites excluding steroid dienone is 2. The van der Waals surface area contributed by atoms with Crippen molar-refractivity contribution < 1.29 is 30.0 Å². The summed E-state index contributed by atoms with van der Waals surface area (Å²) in [4.78, 5) is 10.5. The van der Waals surface area contributed by atoms with Gasteiger partial charge in [-0.2, -0.15) is 0 Å². The average Bonchev–Trinajstić information content (AvgIpc) is 2.57. The van der Waals surface area contributed by atoms with Crippen LogP contribution in [0.1, 0.15) is 64.7 Å². The largest absolute Gasteiger partial charge is 0.481 e. The van der Waals surface area contributed by atoms with E-state index in [4.69, 9.17) is 9.84 Å². The van der Waals surface area contributed by atoms with Gasteiger partial charge in [-0.15, -0.1) is 0 Å². The first-order valence-electron chi connectivity index (χ1n) is 9.68. The Bertz CT molecular complexity index is 448. The van der Waals surface area contributed by atoms with Gasteiger partial charge >= 0.3 is 5.97 Å². The highest BCUT2D eigenvalue weighted by atomic mass is 16.6. The number of carboxylic acids is 1. The molecule has 26 heavy (non-hydrogen) atoms. The Kier molecular flexibility index (Phi) is 11.4. The Balaban J connectivity index is 2.52. The molecule has 150 valence electrons. The van der Waals surface area contributed by atoms with E-state index in [1.54, 1.807) is 12.2 Å². The lowest BCUT2D eigenvalue weighted by Gasteiger charge is -2.36. The standard InChI is InChI=1S/C20H34O6/c1-2-3-6-9-15(21)12-13-18-16(17(22)14-20(25)26-18)10-7-4-5-8-11-19(23)24/h4,7,12-13,15-18,20-22,25H,2-3,5-6,8-11,14H2,1H3,(H,23,24)/b7-4-,13-12+/t15-,16-,17?,18+,20?/m0/s1. The summed E-state index contributed by atoms with van der Waals surface area (Å²) < 4.78 is 5.54. The number of rotatable bonds is 12. The minimum atomic E-state index is -1.01. The van der Waals surface area contributed by atoms with Crippen molar-refractivity contribution in [3.63, 3.8) is 0 Å². The molecule has 1 aliphatic heterocycles. The number of unbranched alkanes of at least 4 members (excludes halogenated alkanes) is 3. The van der Waals surface area contributed by atoms with Crippen LogP contribution in [0.3, 0.4) is 0 Å². The van der Waals surface area contributed by atoms with E-state index in [9.17, 15) is 20.1 Å². The SMILES string of the molecule is CCCCC[C@H](O)/C=C/[C@H]1OC(O)CC(O)[C@@H]1C/C=C\CCCC(=O)O. The van der Waals surface area contributed by atoms with E-state index in [2.05, 4.69) is 6.92 Å². The van der Waals surface area contributed by atoms with Crippen molar-refractivity contribution >= 4 is 5.97 Å². The predicted octanol–water partition coefficient (Wildman–Crippen LogP) is 2.77. The van der Waals surface area contributed by atoms with E-state index in [0.717, 1.165) is 19.3 Å². The van der Waals surface area contributed by atoms with Crippen molar-refractivity contribution in [2.75, 3.05) is 0 Å². The summed E-state index contributed by atoms with van der Waals surface area (Å²) in [6.07, 6.45) is 10.5. The van der Waals surface area contributed by atoms with Crippen molar-refractivity contribution in [2.24, 2.45) is 5.92 Å². The second kappa shape index (κ2) is 13.0. The predicted molar refractivity (Wildman–Crippen MR) is 99.5 cm³/mol. The average molecular weight is 370 g/mol. The zero-order valence-electron chi connectivity index (χ0n) is 15.7. The maximum atomic E-state index is 10.5. The summed E-state index contributed by atoms with van der Waals surface area (Å²) in [6, 6.07) is 0. The molecule has 6 nitrogen and oxygen atoms in total. The zero-order valence-corrected chi connectivity index (χ0v) is 15.7. The number of aliphatic hydroxyl groups excluding tert-OH is 3. The maximum Gasteiger partial charge on any atom is 0.303 e. The van der Waals surface area contributed by atoms with Crippen LogP contribution in [0, 0.1) is 5.92 Å². The van der Waals surface area contributed by atoms with Crippen LogP contribution in [0.25, 0.3) is 0 Å². The van der Waals surface area contributed by atoms with Crippen LogP contribution in [0.2, 0.25) is 0 Å². The molecule has 1 aliphatic rings. The molecule has 2 unspecified atom stereocenters. The van der Waals surface area contributed by atoms with E-state index in [-0.39, 0.29) is 18.8 Å². The summed E-state index contributed by atoms with van der Waals surface area (Å²) >= 11 is 0. The zero-order chi connectivity index (χ0) is 19.4. The topological polar surface area (TPSA) is 107 Å². The van der Waals surface area contributed by atoms with Crippen molar-refractivity contribution in [3.05, 3.63) is 24.3 Å². The molecule has 0 radical (unpaired) electrons. The quantitative estimate of drug-likeness (QED) is 0.311. The van der Waals surface area contributed by atoms with Crippen molar-refractivity contribution in [2.45, 2.75) is 89.3 Å². The van der Waals surface area contributed by atoms with Crippen LogP contribution in [-0.2, 0) is 9.53 Å². The lowest BCUT2D eigenvalue weighted by molar-refractivity contribution is -0.199. The second-order valence-electron chi connectivity index (χ2n) is 6.96. The minimum absolute atomic E-state index is 0.146. The van der Waals surface area contributed by atoms with Crippen molar-refractivity contribution in [3.8, 4) is 0 Å². The molecular formula is C20H34O6. The normalized spacial score (nSPS) is 28.0. The Morgan fingerprint density at radius 2 is 2.00 bits per heavy atom. The number of ether oxygens (including phenoxy) is 1. The molecule has 0 saturated carbocycles. The number of aliphatic carboxylic acids is 1. The van der Waals surface area contributed by atoms with Gasteiger partial charge in [-0.25, -0.2) is 0 Å². The van der Waals surface area contributed by atoms with Crippen LogP contribution >= 0.6 is 0 Å². The third-order valence-corrected chi connectivity index (χ3v) is 4.64. The Labute approximate surface area is 156 Å². The smallest absolute Gasteiger partial charge is 0.303 e. The number of hydrogen-bond donors (Lipinski definition) is 4. The maximum absolute atomic E-state index is 10.5. The van der Waals surface area contributed by atoms with Crippen molar-refractivity contribution in [1.82, 2.24) is 0 Å². The molecule has 0 spiro atoms. The number of aliphatic hydroxyl groups is 3. The fraction of sp³-hybridized carbons (Fsp3) is 0.750. The molecule has 0 bridgehead atoms. The highest BCUT2D eigenvalue weighted by Gasteiger charge is 2.35. The van der Waals surface area contributed by atoms with Gasteiger partial charge in [0.1, 0.15) is 0 Å². The fourth-order valence-corrected chi connectivity index (χ4v) is 3.10. The molecule has 0 aromatic heterocycles. The van der Waals surface area contributed by atoms with E-state index < -0.39 is 30.6 Å². The van der Waals surface area contributed by atoms with Gasteiger partial charge in [-0.3, -0.25) is 4.79 Å². The third-order valence-electron chi connectivity index (χ3n) is 4.64. The molecule has 0 aromatic carbocycles. The number of carbonyl (C=O) groups is 1. The monoisotopic (exact) mass is 370 g/mol. The summed E-state index contributed by atoms with van der Waals surface area (Å²) in [6.45, 7) is 2.11. The van der Waals surface area contributed by atoms with Gasteiger partial charge in [-0.05, 0) is 25.7 Å². The van der Waals surface area contributed by atoms with Gasteiger partial charge < -0.3 is 25.2 Å². The Hall–Kier alpha value is -1.21. The Morgan fingerprint density at radius 3 is 2.69 bits per heavy atom. The molecule has 1 fully saturated rings. The van der Waals surface area contributed by atoms with E-state index in [1.165, 1.54) is 0 Å². The molecular weight excluding hydrogens is 336 g/mol. The first kappa shape index (κ1) is 22.8. The van der Waals surface area contributed by atoms with Gasteiger partial charge in [0, 0.05) is 18.8 Å². The van der Waals surface area contributed by atoms with Gasteiger partial charge in [0.25, 0.3) is 0 Å². The summed E-state index contributed by atoms with van der Waals surface area (Å²) in [5, 5.41) is 38.7. The molecule has 5 atom stereocenters. The second-order valence-corrected chi connectivity index (χ2v) is 6.96. The number of carboxylic acid groups (broad SMARTS) is 1. The van der Waals surface area contributed by atoms with Gasteiger partial charge in [0.05, 0.1) is 18.3 Å². The number of hydrogen-bond acceptors (Lipinski definition) is 5. The third kappa shape index (κ3) is 9.48. The highest BCUT2D eigenvalue weighted by molar-refractivity contribution is 5.66. The van der Waals surface area contributed by atoms with Crippen LogP contribution < -0.4 is 0 Å². The lowest BCUT2D eigenvalue weighted by atomic mass is 9.87. The lowest BCUT2D eigenvalue weighted by Crippen LogP contribution is -2.43. The first-order valence-corrected chi connectivity index (χ1v) is 9.68. The summed E-state index contributed by atoms with van der Waals surface area (Å²) in [5.74, 6) is -1.00. The van der Waals surface area contributed by atoms with Gasteiger partial charge in [-0.1, -0.05) is 50.5 Å². The van der Waals surface area contributed by atoms with Crippen LogP contribution in [0.5, 0.6) is 0 Å². The van der Waals surface area contributed by atoms with E-state index in [0.29, 0.717) is 25.7 Å². The van der Waals surface area contributed by atoms with Gasteiger partial charge in [0.2, 0.25) is 0 Å². The minimum Gasteiger partial charge on any atom is -0.481 e. The summed E-state index contributed by atoms with van der Waals surface area (Å²) in [5.41, 5.74) is 0. The molecule has 1 heterocycles. The van der Waals surface area contributed by atoms with Crippen LogP contribution in [-0.4, -0.2) is 51.0 Å². The molecule has 0 amide bonds. The molecule has 4 N–H and O–H groups in total. The molecule has 0 aliphatic carbocycles. The van der Waals surface area contributed by atoms with E-state index in [1.807, 2.05) is 12.2 Å². The van der Waals surface area contributed by atoms with Gasteiger partial charge in [0.15, 0.2) is 6.29 Å². The summed E-state index contributed by atoms with van der Waals surface area (Å²) in [7, 11) is 0. The molecule has 6 heteroatoms. The van der Waals surface area contributed by atoms with Crippen LogP contribution in [0.15, 0.2) is 24.3 Å². The molecule has 0 aromatic rings. The Morgan fingerprint density at radius 1 is 1.23 bits per heavy atom. The fourth-order valence-electron chi connectivity index (χ4n) is 3.10. The van der Waals surface area contributed by atoms with Crippen molar-refractivity contribution in [1.29, 1.82) is 0 Å². The van der Waals surface area contributed by atoms with Crippen LogP contribution in [0.4, 0.5) is 0 Å². The molecule has 1 rings (SSSR count). The van der Waals surface area contributed by atoms with E-state index >= 15 is 0 Å². The first-order chi connectivity index (χ1) is 12.4. The molecule has 1 saturated heterocycles. The highest BCUT2D eigenvalue weighted by Crippen LogP contribution is 2.29.